The molecule has 2 amide bonds. The van der Waals surface area contributed by atoms with E-state index < -0.39 is 23.8 Å². The van der Waals surface area contributed by atoms with Gasteiger partial charge in [-0.25, -0.2) is 18.1 Å². The molecule has 9 nitrogen and oxygen atoms in total. The van der Waals surface area contributed by atoms with E-state index in [1.807, 2.05) is 21.9 Å². The van der Waals surface area contributed by atoms with Crippen LogP contribution in [-0.4, -0.2) is 66.4 Å². The normalized spacial score (nSPS) is 19.4. The Kier molecular flexibility index (Phi) is 11.4. The van der Waals surface area contributed by atoms with Crippen LogP contribution in [0.5, 0.6) is 0 Å². The number of hydrogen-bond donors (Lipinski definition) is 3. The quantitative estimate of drug-likeness (QED) is 0.295. The van der Waals surface area contributed by atoms with Gasteiger partial charge in [0.2, 0.25) is 11.8 Å². The number of nitrogens with two attached hydrogens (primary N) is 3. The minimum atomic E-state index is -2.88. The van der Waals surface area contributed by atoms with Crippen molar-refractivity contribution in [3.05, 3.63) is 47.1 Å². The molecule has 2 aliphatic heterocycles. The van der Waals surface area contributed by atoms with Gasteiger partial charge in [0.25, 0.3) is 5.92 Å². The van der Waals surface area contributed by atoms with Crippen molar-refractivity contribution in [1.82, 2.24) is 9.29 Å². The zero-order valence-corrected chi connectivity index (χ0v) is 25.3. The summed E-state index contributed by atoms with van der Waals surface area (Å²) in [5, 5.41) is 0.126. The molecule has 0 radical (unpaired) electrons. The summed E-state index contributed by atoms with van der Waals surface area (Å²) in [5.74, 6) is -3.33. The Labute approximate surface area is 255 Å². The van der Waals surface area contributed by atoms with Gasteiger partial charge in [0, 0.05) is 67.8 Å². The molecule has 3 aliphatic rings. The van der Waals surface area contributed by atoms with Crippen LogP contribution in [0, 0.1) is 5.92 Å². The predicted molar refractivity (Wildman–Crippen MR) is 164 cm³/mol. The fraction of sp³-hybridized carbons (Fsp3) is 0.552. The summed E-state index contributed by atoms with van der Waals surface area (Å²) >= 11 is 7.89. The number of rotatable bonds is 8. The fourth-order valence-electron chi connectivity index (χ4n) is 5.42. The third-order valence-electron chi connectivity index (χ3n) is 7.92. The number of carbonyl (C=O) groups is 2. The molecule has 0 bridgehead atoms. The minimum Gasteiger partial charge on any atom is -0.368 e. The predicted octanol–water partition coefficient (Wildman–Crippen LogP) is 4.12. The molecule has 3 fully saturated rings. The lowest BCUT2D eigenvalue weighted by atomic mass is 9.82. The maximum Gasteiger partial charge on any atom is 0.276 e. The molecule has 2 aromatic rings. The average Bonchev–Trinajstić information content (AvgIpc) is 3.43. The first-order valence-electron chi connectivity index (χ1n) is 14.5. The zero-order valence-electron chi connectivity index (χ0n) is 23.7. The van der Waals surface area contributed by atoms with Crippen LogP contribution < -0.4 is 27.0 Å². The smallest absolute Gasteiger partial charge is 0.276 e. The summed E-state index contributed by atoms with van der Waals surface area (Å²) in [6.45, 7) is 3.85. The van der Waals surface area contributed by atoms with E-state index >= 15 is 8.78 Å². The molecular weight excluding hydrogens is 584 g/mol. The highest BCUT2D eigenvalue weighted by Crippen LogP contribution is 2.44. The topological polar surface area (TPSA) is 135 Å². The van der Waals surface area contributed by atoms with Crippen molar-refractivity contribution in [2.45, 2.75) is 61.8 Å². The van der Waals surface area contributed by atoms with Crippen molar-refractivity contribution in [1.29, 1.82) is 0 Å². The van der Waals surface area contributed by atoms with E-state index in [-0.39, 0.29) is 23.2 Å². The van der Waals surface area contributed by atoms with Crippen molar-refractivity contribution in [3.63, 3.8) is 0 Å². The summed E-state index contributed by atoms with van der Waals surface area (Å²) in [4.78, 5) is 31.3. The first kappa shape index (κ1) is 32.4. The number of hydrogen-bond acceptors (Lipinski definition) is 8. The summed E-state index contributed by atoms with van der Waals surface area (Å²) in [7, 11) is 0. The first-order chi connectivity index (χ1) is 20.1. The van der Waals surface area contributed by atoms with Crippen LogP contribution in [0.15, 0.2) is 41.3 Å². The Bertz CT molecular complexity index is 1210. The number of halogens is 3. The van der Waals surface area contributed by atoms with Crippen LogP contribution in [0.4, 0.5) is 20.3 Å². The summed E-state index contributed by atoms with van der Waals surface area (Å²) in [5.41, 5.74) is 15.6. The van der Waals surface area contributed by atoms with E-state index in [9.17, 15) is 9.59 Å². The van der Waals surface area contributed by atoms with Gasteiger partial charge < -0.3 is 27.0 Å². The monoisotopic (exact) mass is 623 g/mol. The third kappa shape index (κ3) is 8.31. The van der Waals surface area contributed by atoms with Crippen LogP contribution in [0.3, 0.4) is 0 Å². The molecule has 3 heterocycles. The SMILES string of the molecule is NCC(N)C(N)=O.O=C1CCCN1c1ccc(SN2CCN(c3cc(C(F)(F)C4CCCCC4)cc(Cl)n3)CC2)cc1. The fourth-order valence-corrected chi connectivity index (χ4v) is 6.53. The molecule has 230 valence electrons. The molecule has 6 N–H and O–H groups in total. The number of amides is 2. The molecule has 5 rings (SSSR count). The number of aromatic nitrogens is 1. The standard InChI is InChI=1S/C26H31ClF2N4OS.C3H9N3O/c27-23-17-20(26(28,29)19-5-2-1-3-6-19)18-24(30-23)31-13-15-32(16-14-31)35-22-10-8-21(9-11-22)33-12-4-7-25(33)34;4-1-2(5)3(6)7/h8-11,17-19H,1-7,12-16H2;2H,1,4-5H2,(H2,6,7). The van der Waals surface area contributed by atoms with Crippen LogP contribution in [0.2, 0.25) is 5.15 Å². The van der Waals surface area contributed by atoms with Crippen LogP contribution in [-0.2, 0) is 15.5 Å². The number of benzene rings is 1. The van der Waals surface area contributed by atoms with Gasteiger partial charge in [0.15, 0.2) is 0 Å². The third-order valence-corrected chi connectivity index (χ3v) is 9.22. The molecule has 1 unspecified atom stereocenters. The van der Waals surface area contributed by atoms with E-state index in [0.717, 1.165) is 55.9 Å². The van der Waals surface area contributed by atoms with Gasteiger partial charge >= 0.3 is 0 Å². The molecule has 13 heteroatoms. The second-order valence-corrected chi connectivity index (χ2v) is 12.4. The molecule has 0 spiro atoms. The Morgan fingerprint density at radius 1 is 1.05 bits per heavy atom. The van der Waals surface area contributed by atoms with Gasteiger partial charge in [-0.2, -0.15) is 0 Å². The minimum absolute atomic E-state index is 0.00669. The molecule has 1 atom stereocenters. The maximum absolute atomic E-state index is 15.3. The lowest BCUT2D eigenvalue weighted by molar-refractivity contribution is -0.119. The summed E-state index contributed by atoms with van der Waals surface area (Å²) in [6.07, 6.45) is 5.44. The van der Waals surface area contributed by atoms with Crippen molar-refractivity contribution in [2.75, 3.05) is 49.1 Å². The Morgan fingerprint density at radius 2 is 1.71 bits per heavy atom. The van der Waals surface area contributed by atoms with E-state index in [0.29, 0.717) is 38.2 Å². The lowest BCUT2D eigenvalue weighted by Crippen LogP contribution is -2.44. The van der Waals surface area contributed by atoms with Gasteiger partial charge in [0.05, 0.1) is 6.04 Å². The number of pyridine rings is 1. The molecule has 1 aromatic heterocycles. The summed E-state index contributed by atoms with van der Waals surface area (Å²) in [6, 6.07) is 10.3. The van der Waals surface area contributed by atoms with Gasteiger partial charge in [0.1, 0.15) is 11.0 Å². The number of primary amides is 1. The van der Waals surface area contributed by atoms with E-state index in [2.05, 4.69) is 21.4 Å². The molecule has 1 aromatic carbocycles. The summed E-state index contributed by atoms with van der Waals surface area (Å²) < 4.78 is 32.8. The Morgan fingerprint density at radius 3 is 2.26 bits per heavy atom. The molecule has 1 saturated carbocycles. The maximum atomic E-state index is 15.3. The van der Waals surface area contributed by atoms with Crippen LogP contribution in [0.25, 0.3) is 0 Å². The Hall–Kier alpha value is -2.51. The molecular formula is C29H40ClF2N7O2S. The number of alkyl halides is 2. The number of piperazine rings is 1. The van der Waals surface area contributed by atoms with Crippen molar-refractivity contribution < 1.29 is 18.4 Å². The number of carbonyl (C=O) groups excluding carboxylic acids is 2. The van der Waals surface area contributed by atoms with Gasteiger partial charge in [-0.1, -0.05) is 30.9 Å². The van der Waals surface area contributed by atoms with E-state index in [1.165, 1.54) is 6.07 Å². The molecule has 42 heavy (non-hydrogen) atoms. The van der Waals surface area contributed by atoms with E-state index in [4.69, 9.17) is 28.8 Å². The number of anilines is 2. The Balaban J connectivity index is 0.000000517. The van der Waals surface area contributed by atoms with Gasteiger partial charge in [-0.05, 0) is 67.6 Å². The van der Waals surface area contributed by atoms with Crippen molar-refractivity contribution in [3.8, 4) is 0 Å². The second kappa shape index (κ2) is 14.8. The second-order valence-electron chi connectivity index (χ2n) is 10.9. The van der Waals surface area contributed by atoms with Crippen LogP contribution in [0.1, 0.15) is 50.5 Å². The highest BCUT2D eigenvalue weighted by Gasteiger charge is 2.42. The van der Waals surface area contributed by atoms with Gasteiger partial charge in [-0.15, -0.1) is 0 Å². The zero-order chi connectivity index (χ0) is 30.3. The lowest BCUT2D eigenvalue weighted by Gasteiger charge is -2.35. The largest absolute Gasteiger partial charge is 0.368 e. The first-order valence-corrected chi connectivity index (χ1v) is 15.6. The van der Waals surface area contributed by atoms with E-state index in [1.54, 1.807) is 18.0 Å². The highest BCUT2D eigenvalue weighted by molar-refractivity contribution is 7.97. The van der Waals surface area contributed by atoms with Crippen molar-refractivity contribution >= 4 is 46.9 Å². The average molecular weight is 624 g/mol. The molecule has 2 saturated heterocycles. The van der Waals surface area contributed by atoms with Gasteiger partial charge in [-0.3, -0.25) is 9.59 Å². The van der Waals surface area contributed by atoms with Crippen molar-refractivity contribution in [2.24, 2.45) is 23.1 Å². The molecule has 1 aliphatic carbocycles. The van der Waals surface area contributed by atoms with Crippen LogP contribution >= 0.6 is 23.5 Å². The highest BCUT2D eigenvalue weighted by atomic mass is 35.5. The number of nitrogens with zero attached hydrogens (tertiary/aromatic N) is 4.